The SMILES string of the molecule is Cn1ncc(I)c1-c1c(F)cc2ccccc2c1C#N. The fraction of sp³-hybridized carbons (Fsp3) is 0.0667. The van der Waals surface area contributed by atoms with Crippen LogP contribution in [0.25, 0.3) is 22.0 Å². The van der Waals surface area contributed by atoms with E-state index in [1.807, 2.05) is 18.2 Å². The maximum Gasteiger partial charge on any atom is 0.134 e. The third kappa shape index (κ3) is 1.88. The van der Waals surface area contributed by atoms with Crippen LogP contribution in [0, 0.1) is 20.7 Å². The van der Waals surface area contributed by atoms with Crippen LogP contribution in [0.2, 0.25) is 0 Å². The lowest BCUT2D eigenvalue weighted by atomic mass is 9.97. The van der Waals surface area contributed by atoms with Gasteiger partial charge in [-0.15, -0.1) is 0 Å². The molecule has 1 heterocycles. The number of aromatic nitrogens is 2. The van der Waals surface area contributed by atoms with Crippen molar-refractivity contribution in [2.45, 2.75) is 0 Å². The first-order valence-electron chi connectivity index (χ1n) is 5.92. The molecule has 5 heteroatoms. The summed E-state index contributed by atoms with van der Waals surface area (Å²) in [5.41, 5.74) is 1.29. The topological polar surface area (TPSA) is 41.6 Å². The summed E-state index contributed by atoms with van der Waals surface area (Å²) in [6, 6.07) is 10.9. The number of fused-ring (bicyclic) bond motifs is 1. The Hall–Kier alpha value is -1.94. The summed E-state index contributed by atoms with van der Waals surface area (Å²) < 4.78 is 16.9. The van der Waals surface area contributed by atoms with Crippen molar-refractivity contribution in [2.24, 2.45) is 7.05 Å². The zero-order chi connectivity index (χ0) is 14.3. The summed E-state index contributed by atoms with van der Waals surface area (Å²) in [7, 11) is 1.74. The lowest BCUT2D eigenvalue weighted by Gasteiger charge is -2.10. The minimum Gasteiger partial charge on any atom is -0.267 e. The van der Waals surface area contributed by atoms with Crippen LogP contribution >= 0.6 is 22.6 Å². The van der Waals surface area contributed by atoms with Gasteiger partial charge in [0.25, 0.3) is 0 Å². The van der Waals surface area contributed by atoms with Crippen LogP contribution in [0.15, 0.2) is 36.5 Å². The highest BCUT2D eigenvalue weighted by Gasteiger charge is 2.20. The second kappa shape index (κ2) is 4.87. The summed E-state index contributed by atoms with van der Waals surface area (Å²) in [6.45, 7) is 0. The molecule has 1 aromatic heterocycles. The first-order chi connectivity index (χ1) is 9.63. The molecule has 0 fully saturated rings. The third-order valence-electron chi connectivity index (χ3n) is 3.24. The number of hydrogen-bond donors (Lipinski definition) is 0. The van der Waals surface area contributed by atoms with E-state index in [1.165, 1.54) is 6.07 Å². The van der Waals surface area contributed by atoms with Crippen LogP contribution in [0.1, 0.15) is 5.56 Å². The number of halogens is 2. The van der Waals surface area contributed by atoms with Gasteiger partial charge in [0.15, 0.2) is 0 Å². The quantitative estimate of drug-likeness (QED) is 0.605. The molecule has 20 heavy (non-hydrogen) atoms. The van der Waals surface area contributed by atoms with E-state index in [9.17, 15) is 9.65 Å². The first-order valence-corrected chi connectivity index (χ1v) is 7.00. The molecule has 0 aliphatic heterocycles. The van der Waals surface area contributed by atoms with Gasteiger partial charge >= 0.3 is 0 Å². The van der Waals surface area contributed by atoms with Gasteiger partial charge in [0, 0.05) is 12.4 Å². The van der Waals surface area contributed by atoms with Crippen molar-refractivity contribution in [3.8, 4) is 17.3 Å². The van der Waals surface area contributed by atoms with Gasteiger partial charge in [-0.25, -0.2) is 4.39 Å². The molecule has 98 valence electrons. The highest BCUT2D eigenvalue weighted by Crippen LogP contribution is 2.34. The Morgan fingerprint density at radius 1 is 1.35 bits per heavy atom. The minimum absolute atomic E-state index is 0.315. The number of nitriles is 1. The molecule has 3 rings (SSSR count). The van der Waals surface area contributed by atoms with E-state index in [0.29, 0.717) is 16.8 Å². The van der Waals surface area contributed by atoms with Gasteiger partial charge in [-0.05, 0) is 34.0 Å². The molecule has 0 amide bonds. The van der Waals surface area contributed by atoms with Crippen LogP contribution in [0.4, 0.5) is 4.39 Å². The zero-order valence-corrected chi connectivity index (χ0v) is 12.7. The van der Waals surface area contributed by atoms with Crippen LogP contribution < -0.4 is 0 Å². The van der Waals surface area contributed by atoms with Crippen molar-refractivity contribution in [1.82, 2.24) is 9.78 Å². The number of rotatable bonds is 1. The van der Waals surface area contributed by atoms with Crippen molar-refractivity contribution < 1.29 is 4.39 Å². The molecule has 0 unspecified atom stereocenters. The molecular weight excluding hydrogens is 368 g/mol. The molecule has 0 atom stereocenters. The van der Waals surface area contributed by atoms with Gasteiger partial charge in [-0.2, -0.15) is 10.4 Å². The van der Waals surface area contributed by atoms with Crippen molar-refractivity contribution in [3.05, 3.63) is 51.5 Å². The van der Waals surface area contributed by atoms with Crippen LogP contribution in [0.5, 0.6) is 0 Å². The Labute approximate surface area is 128 Å². The van der Waals surface area contributed by atoms with E-state index in [4.69, 9.17) is 0 Å². The fourth-order valence-electron chi connectivity index (χ4n) is 2.35. The molecule has 0 radical (unpaired) electrons. The Balaban J connectivity index is 2.48. The van der Waals surface area contributed by atoms with Crippen LogP contribution in [-0.4, -0.2) is 9.78 Å². The van der Waals surface area contributed by atoms with Gasteiger partial charge in [0.1, 0.15) is 11.9 Å². The molecule has 0 aliphatic carbocycles. The summed E-state index contributed by atoms with van der Waals surface area (Å²) in [5.74, 6) is -0.401. The minimum atomic E-state index is -0.401. The van der Waals surface area contributed by atoms with Crippen molar-refractivity contribution in [3.63, 3.8) is 0 Å². The number of benzene rings is 2. The Morgan fingerprint density at radius 2 is 2.10 bits per heavy atom. The first kappa shape index (κ1) is 13.1. The lowest BCUT2D eigenvalue weighted by molar-refractivity contribution is 0.629. The number of hydrogen-bond acceptors (Lipinski definition) is 2. The third-order valence-corrected chi connectivity index (χ3v) is 4.03. The molecule has 3 aromatic rings. The van der Waals surface area contributed by atoms with Gasteiger partial charge in [-0.1, -0.05) is 24.3 Å². The van der Waals surface area contributed by atoms with E-state index in [1.54, 1.807) is 24.0 Å². The highest BCUT2D eigenvalue weighted by molar-refractivity contribution is 14.1. The van der Waals surface area contributed by atoms with Crippen molar-refractivity contribution >= 4 is 33.4 Å². The average molecular weight is 377 g/mol. The van der Waals surface area contributed by atoms with E-state index < -0.39 is 5.82 Å². The van der Waals surface area contributed by atoms with E-state index >= 15 is 0 Å². The van der Waals surface area contributed by atoms with E-state index in [0.717, 1.165) is 14.3 Å². The maximum atomic E-state index is 14.5. The van der Waals surface area contributed by atoms with Gasteiger partial charge in [0.05, 0.1) is 26.6 Å². The molecule has 0 saturated carbocycles. The molecular formula is C15H9FIN3. The monoisotopic (exact) mass is 377 g/mol. The van der Waals surface area contributed by atoms with Crippen LogP contribution in [-0.2, 0) is 7.05 Å². The normalized spacial score (nSPS) is 10.7. The summed E-state index contributed by atoms with van der Waals surface area (Å²) in [6.07, 6.45) is 1.66. The van der Waals surface area contributed by atoms with Gasteiger partial charge in [0.2, 0.25) is 0 Å². The molecule has 0 saturated heterocycles. The lowest BCUT2D eigenvalue weighted by Crippen LogP contribution is -2.00. The fourth-order valence-corrected chi connectivity index (χ4v) is 3.10. The van der Waals surface area contributed by atoms with Gasteiger partial charge < -0.3 is 0 Å². The second-order valence-electron chi connectivity index (χ2n) is 4.41. The largest absolute Gasteiger partial charge is 0.267 e. The van der Waals surface area contributed by atoms with Gasteiger partial charge in [-0.3, -0.25) is 4.68 Å². The highest BCUT2D eigenvalue weighted by atomic mass is 127. The molecule has 2 aromatic carbocycles. The molecule has 0 bridgehead atoms. The standard InChI is InChI=1S/C15H9FIN3/c1-20-15(13(17)8-19-20)14-11(7-18)10-5-3-2-4-9(10)6-12(14)16/h2-6,8H,1H3. The Morgan fingerprint density at radius 3 is 2.75 bits per heavy atom. The van der Waals surface area contributed by atoms with Crippen molar-refractivity contribution in [1.29, 1.82) is 5.26 Å². The van der Waals surface area contributed by atoms with E-state index in [2.05, 4.69) is 33.8 Å². The number of aryl methyl sites for hydroxylation is 1. The summed E-state index contributed by atoms with van der Waals surface area (Å²) in [5, 5.41) is 15.1. The predicted octanol–water partition coefficient (Wildman–Crippen LogP) is 3.86. The second-order valence-corrected chi connectivity index (χ2v) is 5.57. The average Bonchev–Trinajstić information content (AvgIpc) is 2.77. The van der Waals surface area contributed by atoms with Crippen molar-refractivity contribution in [2.75, 3.05) is 0 Å². The molecule has 0 aliphatic rings. The Bertz CT molecular complexity index is 842. The Kier molecular flexibility index (Phi) is 3.18. The predicted molar refractivity (Wildman–Crippen MR) is 83.5 cm³/mol. The van der Waals surface area contributed by atoms with E-state index in [-0.39, 0.29) is 0 Å². The van der Waals surface area contributed by atoms with Crippen LogP contribution in [0.3, 0.4) is 0 Å². The molecule has 0 spiro atoms. The smallest absolute Gasteiger partial charge is 0.134 e. The molecule has 0 N–H and O–H groups in total. The zero-order valence-electron chi connectivity index (χ0n) is 10.6. The molecule has 3 nitrogen and oxygen atoms in total. The maximum absolute atomic E-state index is 14.5. The summed E-state index contributed by atoms with van der Waals surface area (Å²) in [4.78, 5) is 0. The summed E-state index contributed by atoms with van der Waals surface area (Å²) >= 11 is 2.10. The number of nitrogens with zero attached hydrogens (tertiary/aromatic N) is 3.